The van der Waals surface area contributed by atoms with Gasteiger partial charge < -0.3 is 9.84 Å². The van der Waals surface area contributed by atoms with Gasteiger partial charge in [-0.15, -0.1) is 0 Å². The number of benzene rings is 1. The van der Waals surface area contributed by atoms with Crippen LogP contribution in [0.5, 0.6) is 0 Å². The molecule has 94 valence electrons. The van der Waals surface area contributed by atoms with Crippen LogP contribution >= 0.6 is 0 Å². The molecule has 0 aromatic heterocycles. The van der Waals surface area contributed by atoms with Crippen LogP contribution in [0.4, 0.5) is 0 Å². The Labute approximate surface area is 106 Å². The maximum Gasteiger partial charge on any atom is 0.338 e. The number of ether oxygens (including phenoxy) is 1. The molecule has 0 aliphatic heterocycles. The highest BCUT2D eigenvalue weighted by molar-refractivity contribution is 5.89. The van der Waals surface area contributed by atoms with Crippen LogP contribution in [-0.2, 0) is 4.74 Å². The summed E-state index contributed by atoms with van der Waals surface area (Å²) in [6.45, 7) is 0.0895. The van der Waals surface area contributed by atoms with Crippen LogP contribution in [-0.4, -0.2) is 23.3 Å². The lowest BCUT2D eigenvalue weighted by atomic mass is 9.89. The Balaban J connectivity index is 1.62. The van der Waals surface area contributed by atoms with Crippen molar-refractivity contribution in [3.63, 3.8) is 0 Å². The maximum atomic E-state index is 11.8. The zero-order valence-electron chi connectivity index (χ0n) is 10.1. The molecular formula is C15H16O3. The second-order valence-electron chi connectivity index (χ2n) is 5.24. The molecule has 2 bridgehead atoms. The number of carbonyl (C=O) groups excluding carboxylic acids is 1. The first kappa shape index (κ1) is 11.5. The van der Waals surface area contributed by atoms with Gasteiger partial charge in [-0.25, -0.2) is 4.79 Å². The highest BCUT2D eigenvalue weighted by Crippen LogP contribution is 2.46. The number of allylic oxidation sites excluding steroid dienone is 1. The highest BCUT2D eigenvalue weighted by atomic mass is 16.5. The topological polar surface area (TPSA) is 46.5 Å². The van der Waals surface area contributed by atoms with E-state index in [0.717, 1.165) is 6.42 Å². The summed E-state index contributed by atoms with van der Waals surface area (Å²) in [5, 5.41) is 10.4. The number of hydrogen-bond acceptors (Lipinski definition) is 3. The van der Waals surface area contributed by atoms with Crippen LogP contribution < -0.4 is 0 Å². The van der Waals surface area contributed by atoms with Crippen molar-refractivity contribution in [2.45, 2.75) is 18.4 Å². The minimum absolute atomic E-state index is 0.0895. The number of esters is 1. The molecule has 1 saturated carbocycles. The minimum Gasteiger partial charge on any atom is -0.459 e. The van der Waals surface area contributed by atoms with Crippen molar-refractivity contribution >= 4 is 5.97 Å². The first-order chi connectivity index (χ1) is 8.67. The summed E-state index contributed by atoms with van der Waals surface area (Å²) in [6, 6.07) is 8.88. The molecule has 0 heterocycles. The first-order valence-corrected chi connectivity index (χ1v) is 6.30. The van der Waals surface area contributed by atoms with Crippen LogP contribution in [0.25, 0.3) is 0 Å². The fraction of sp³-hybridized carbons (Fsp3) is 0.400. The van der Waals surface area contributed by atoms with E-state index in [1.54, 1.807) is 24.3 Å². The van der Waals surface area contributed by atoms with Gasteiger partial charge in [-0.1, -0.05) is 30.4 Å². The van der Waals surface area contributed by atoms with E-state index in [0.29, 0.717) is 17.9 Å². The number of fused-ring (bicyclic) bond motifs is 2. The van der Waals surface area contributed by atoms with E-state index in [1.807, 2.05) is 12.1 Å². The Morgan fingerprint density at radius 2 is 2.11 bits per heavy atom. The smallest absolute Gasteiger partial charge is 0.338 e. The fourth-order valence-electron chi connectivity index (χ4n) is 2.94. The molecular weight excluding hydrogens is 228 g/mol. The van der Waals surface area contributed by atoms with Crippen molar-refractivity contribution < 1.29 is 14.6 Å². The summed E-state index contributed by atoms with van der Waals surface area (Å²) in [6.07, 6.45) is 5.89. The standard InChI is InChI=1S/C15H16O3/c16-14(12-4-2-1-3-5-12)18-10-15(17)9-11-6-7-13(15)8-11/h1-7,11,13,17H,8-10H2. The molecule has 1 fully saturated rings. The molecule has 0 amide bonds. The largest absolute Gasteiger partial charge is 0.459 e. The second kappa shape index (κ2) is 4.25. The lowest BCUT2D eigenvalue weighted by Crippen LogP contribution is -2.39. The molecule has 3 rings (SSSR count). The minimum atomic E-state index is -0.857. The van der Waals surface area contributed by atoms with Crippen LogP contribution in [0.1, 0.15) is 23.2 Å². The molecule has 3 nitrogen and oxygen atoms in total. The average molecular weight is 244 g/mol. The average Bonchev–Trinajstić information content (AvgIpc) is 2.97. The molecule has 2 aliphatic rings. The van der Waals surface area contributed by atoms with E-state index in [9.17, 15) is 9.90 Å². The summed E-state index contributed by atoms with van der Waals surface area (Å²) < 4.78 is 5.24. The number of aliphatic hydroxyl groups is 1. The van der Waals surface area contributed by atoms with Gasteiger partial charge in [0.1, 0.15) is 12.2 Å². The van der Waals surface area contributed by atoms with E-state index in [4.69, 9.17) is 4.74 Å². The van der Waals surface area contributed by atoms with Gasteiger partial charge in [-0.2, -0.15) is 0 Å². The zero-order valence-corrected chi connectivity index (χ0v) is 10.1. The van der Waals surface area contributed by atoms with Gasteiger partial charge in [0.2, 0.25) is 0 Å². The van der Waals surface area contributed by atoms with E-state index in [2.05, 4.69) is 6.08 Å². The summed E-state index contributed by atoms with van der Waals surface area (Å²) in [5.74, 6) is 0.234. The van der Waals surface area contributed by atoms with Crippen molar-refractivity contribution in [1.29, 1.82) is 0 Å². The quantitative estimate of drug-likeness (QED) is 0.654. The normalized spacial score (nSPS) is 32.7. The van der Waals surface area contributed by atoms with Crippen molar-refractivity contribution in [1.82, 2.24) is 0 Å². The van der Waals surface area contributed by atoms with Gasteiger partial charge in [0.05, 0.1) is 5.56 Å². The van der Waals surface area contributed by atoms with Gasteiger partial charge in [0, 0.05) is 5.92 Å². The van der Waals surface area contributed by atoms with E-state index in [1.165, 1.54) is 0 Å². The lowest BCUT2D eigenvalue weighted by Gasteiger charge is -2.29. The summed E-state index contributed by atoms with van der Waals surface area (Å²) >= 11 is 0. The molecule has 1 N–H and O–H groups in total. The fourth-order valence-corrected chi connectivity index (χ4v) is 2.94. The Morgan fingerprint density at radius 1 is 1.33 bits per heavy atom. The molecule has 0 spiro atoms. The van der Waals surface area contributed by atoms with Gasteiger partial charge in [0.25, 0.3) is 0 Å². The monoisotopic (exact) mass is 244 g/mol. The first-order valence-electron chi connectivity index (χ1n) is 6.30. The van der Waals surface area contributed by atoms with E-state index >= 15 is 0 Å². The third kappa shape index (κ3) is 1.95. The van der Waals surface area contributed by atoms with E-state index in [-0.39, 0.29) is 18.5 Å². The van der Waals surface area contributed by atoms with Gasteiger partial charge in [-0.05, 0) is 30.9 Å². The molecule has 3 heteroatoms. The number of hydrogen-bond donors (Lipinski definition) is 1. The van der Waals surface area contributed by atoms with E-state index < -0.39 is 5.60 Å². The lowest BCUT2D eigenvalue weighted by molar-refractivity contribution is -0.0478. The molecule has 1 aromatic carbocycles. The third-order valence-electron chi connectivity index (χ3n) is 3.94. The Morgan fingerprint density at radius 3 is 2.72 bits per heavy atom. The summed E-state index contributed by atoms with van der Waals surface area (Å²) in [7, 11) is 0. The van der Waals surface area contributed by atoms with Crippen molar-refractivity contribution in [2.24, 2.45) is 11.8 Å². The molecule has 3 atom stereocenters. The molecule has 0 radical (unpaired) electrons. The third-order valence-corrected chi connectivity index (χ3v) is 3.94. The van der Waals surface area contributed by atoms with Crippen molar-refractivity contribution in [3.05, 3.63) is 48.0 Å². The molecule has 0 saturated heterocycles. The van der Waals surface area contributed by atoms with Crippen LogP contribution in [0.15, 0.2) is 42.5 Å². The zero-order chi connectivity index (χ0) is 12.6. The molecule has 18 heavy (non-hydrogen) atoms. The van der Waals surface area contributed by atoms with Crippen LogP contribution in [0.2, 0.25) is 0 Å². The second-order valence-corrected chi connectivity index (χ2v) is 5.24. The predicted octanol–water partition coefficient (Wildman–Crippen LogP) is 2.17. The number of rotatable bonds is 3. The molecule has 3 unspecified atom stereocenters. The van der Waals surface area contributed by atoms with Crippen LogP contribution in [0, 0.1) is 11.8 Å². The molecule has 2 aliphatic carbocycles. The maximum absolute atomic E-state index is 11.8. The predicted molar refractivity (Wildman–Crippen MR) is 67.0 cm³/mol. The van der Waals surface area contributed by atoms with Gasteiger partial charge in [0.15, 0.2) is 0 Å². The SMILES string of the molecule is O=C(OCC1(O)CC2C=CC1C2)c1ccccc1. The Kier molecular flexibility index (Phi) is 2.71. The van der Waals surface area contributed by atoms with Gasteiger partial charge in [-0.3, -0.25) is 0 Å². The summed E-state index contributed by atoms with van der Waals surface area (Å²) in [5.41, 5.74) is -0.330. The van der Waals surface area contributed by atoms with Crippen molar-refractivity contribution in [3.8, 4) is 0 Å². The van der Waals surface area contributed by atoms with Gasteiger partial charge >= 0.3 is 5.97 Å². The summed E-state index contributed by atoms with van der Waals surface area (Å²) in [4.78, 5) is 11.8. The molecule has 1 aromatic rings. The van der Waals surface area contributed by atoms with Crippen molar-refractivity contribution in [2.75, 3.05) is 6.61 Å². The number of carbonyl (C=O) groups is 1. The van der Waals surface area contributed by atoms with Crippen LogP contribution in [0.3, 0.4) is 0 Å². The Hall–Kier alpha value is -1.61. The highest BCUT2D eigenvalue weighted by Gasteiger charge is 2.47. The Bertz CT molecular complexity index is 480.